The van der Waals surface area contributed by atoms with Crippen molar-refractivity contribution < 1.29 is 9.66 Å². The zero-order valence-corrected chi connectivity index (χ0v) is 17.1. The van der Waals surface area contributed by atoms with Crippen LogP contribution in [0.15, 0.2) is 59.6 Å². The van der Waals surface area contributed by atoms with Crippen molar-refractivity contribution in [3.63, 3.8) is 0 Å². The predicted octanol–water partition coefficient (Wildman–Crippen LogP) is 2.26. The molecular formula is C22H27N5O3. The van der Waals surface area contributed by atoms with Crippen LogP contribution in [0.1, 0.15) is 11.1 Å². The van der Waals surface area contributed by atoms with Gasteiger partial charge < -0.3 is 15.0 Å². The first-order valence-corrected chi connectivity index (χ1v) is 10.2. The molecule has 158 valence electrons. The van der Waals surface area contributed by atoms with Crippen LogP contribution in [0, 0.1) is 10.1 Å². The van der Waals surface area contributed by atoms with Gasteiger partial charge in [-0.2, -0.15) is 0 Å². The van der Waals surface area contributed by atoms with Gasteiger partial charge in [0.15, 0.2) is 5.96 Å². The van der Waals surface area contributed by atoms with E-state index in [4.69, 9.17) is 4.74 Å². The van der Waals surface area contributed by atoms with Gasteiger partial charge in [0.2, 0.25) is 0 Å². The number of nitrogens with zero attached hydrogens (tertiary/aromatic N) is 4. The largest absolute Gasteiger partial charge is 0.373 e. The van der Waals surface area contributed by atoms with Gasteiger partial charge in [-0.05, 0) is 11.1 Å². The summed E-state index contributed by atoms with van der Waals surface area (Å²) >= 11 is 0. The smallest absolute Gasteiger partial charge is 0.269 e. The molecule has 0 bridgehead atoms. The number of hydrogen-bond donors (Lipinski definition) is 1. The van der Waals surface area contributed by atoms with Crippen LogP contribution in [0.3, 0.4) is 0 Å². The van der Waals surface area contributed by atoms with Crippen LogP contribution in [0.2, 0.25) is 0 Å². The highest BCUT2D eigenvalue weighted by atomic mass is 16.6. The van der Waals surface area contributed by atoms with Gasteiger partial charge in [-0.3, -0.25) is 20.0 Å². The number of rotatable bonds is 5. The average Bonchev–Trinajstić information content (AvgIpc) is 3.20. The molecule has 2 heterocycles. The van der Waals surface area contributed by atoms with Crippen molar-refractivity contribution in [2.24, 2.45) is 4.99 Å². The minimum Gasteiger partial charge on any atom is -0.373 e. The highest BCUT2D eigenvalue weighted by Crippen LogP contribution is 2.24. The highest BCUT2D eigenvalue weighted by Gasteiger charge is 2.41. The fourth-order valence-electron chi connectivity index (χ4n) is 4.19. The number of fused-ring (bicyclic) bond motifs is 1. The van der Waals surface area contributed by atoms with E-state index in [-0.39, 0.29) is 16.7 Å². The summed E-state index contributed by atoms with van der Waals surface area (Å²) in [6.45, 7) is 4.82. The Hall–Kier alpha value is -2.97. The van der Waals surface area contributed by atoms with Crippen LogP contribution in [0.4, 0.5) is 5.69 Å². The normalized spacial score (nSPS) is 22.0. The molecule has 8 heteroatoms. The fraction of sp³-hybridized carbons (Fsp3) is 0.409. The van der Waals surface area contributed by atoms with Crippen molar-refractivity contribution in [1.82, 2.24) is 15.1 Å². The summed E-state index contributed by atoms with van der Waals surface area (Å²) in [5, 5.41) is 14.2. The summed E-state index contributed by atoms with van der Waals surface area (Å²) in [6.07, 6.45) is 0.167. The van der Waals surface area contributed by atoms with Gasteiger partial charge in [-0.15, -0.1) is 0 Å². The summed E-state index contributed by atoms with van der Waals surface area (Å²) in [5.74, 6) is 0.825. The number of nitro groups is 1. The van der Waals surface area contributed by atoms with E-state index >= 15 is 0 Å². The second-order valence-corrected chi connectivity index (χ2v) is 7.66. The van der Waals surface area contributed by atoms with Gasteiger partial charge in [0, 0.05) is 51.9 Å². The van der Waals surface area contributed by atoms with Crippen LogP contribution >= 0.6 is 0 Å². The fourth-order valence-corrected chi connectivity index (χ4v) is 4.19. The van der Waals surface area contributed by atoms with Gasteiger partial charge in [-0.1, -0.05) is 42.5 Å². The zero-order chi connectivity index (χ0) is 20.9. The van der Waals surface area contributed by atoms with E-state index in [9.17, 15) is 10.1 Å². The predicted molar refractivity (Wildman–Crippen MR) is 115 cm³/mol. The Bertz CT molecular complexity index is 887. The summed E-state index contributed by atoms with van der Waals surface area (Å²) < 4.78 is 6.06. The van der Waals surface area contributed by atoms with Crippen LogP contribution < -0.4 is 5.32 Å². The zero-order valence-electron chi connectivity index (χ0n) is 17.1. The lowest BCUT2D eigenvalue weighted by molar-refractivity contribution is -0.384. The summed E-state index contributed by atoms with van der Waals surface area (Å²) in [6, 6.07) is 17.5. The highest BCUT2D eigenvalue weighted by molar-refractivity contribution is 5.80. The molecule has 2 aromatic carbocycles. The molecule has 0 aliphatic carbocycles. The molecule has 2 aliphatic rings. The summed E-state index contributed by atoms with van der Waals surface area (Å²) in [7, 11) is 1.78. The topological polar surface area (TPSA) is 83.2 Å². The maximum Gasteiger partial charge on any atom is 0.269 e. The molecule has 0 radical (unpaired) electrons. The molecule has 2 aliphatic heterocycles. The van der Waals surface area contributed by atoms with Crippen molar-refractivity contribution in [2.75, 3.05) is 33.3 Å². The molecule has 0 spiro atoms. The van der Waals surface area contributed by atoms with Gasteiger partial charge in [0.05, 0.1) is 23.7 Å². The number of likely N-dealkylation sites (tertiary alicyclic amines) is 1. The van der Waals surface area contributed by atoms with Crippen LogP contribution in [0.5, 0.6) is 0 Å². The molecule has 0 saturated carbocycles. The maximum absolute atomic E-state index is 10.8. The minimum absolute atomic E-state index is 0.0995. The van der Waals surface area contributed by atoms with Crippen LogP contribution in [-0.2, 0) is 17.8 Å². The molecule has 0 aromatic heterocycles. The number of benzene rings is 2. The van der Waals surface area contributed by atoms with E-state index in [0.29, 0.717) is 12.6 Å². The van der Waals surface area contributed by atoms with E-state index in [1.165, 1.54) is 17.7 Å². The van der Waals surface area contributed by atoms with E-state index in [1.807, 2.05) is 6.07 Å². The lowest BCUT2D eigenvalue weighted by Gasteiger charge is -2.36. The van der Waals surface area contributed by atoms with Crippen LogP contribution in [0.25, 0.3) is 0 Å². The first kappa shape index (κ1) is 20.3. The number of morpholine rings is 1. The van der Waals surface area contributed by atoms with Gasteiger partial charge in [0.1, 0.15) is 0 Å². The van der Waals surface area contributed by atoms with E-state index in [1.54, 1.807) is 19.2 Å². The van der Waals surface area contributed by atoms with E-state index < -0.39 is 0 Å². The Morgan fingerprint density at radius 2 is 1.93 bits per heavy atom. The standard InChI is InChI=1S/C22H27N5O3/c1-23-22(24-13-17-7-9-19(10-8-17)27(28)29)26-15-20-21(16-26)30-12-11-25(20)14-18-5-3-2-4-6-18/h2-10,20-21H,11-16H2,1H3,(H,23,24). The molecule has 2 saturated heterocycles. The maximum atomic E-state index is 10.8. The molecule has 30 heavy (non-hydrogen) atoms. The first-order valence-electron chi connectivity index (χ1n) is 10.2. The number of non-ortho nitro benzene ring substituents is 1. The third-order valence-electron chi connectivity index (χ3n) is 5.75. The molecule has 2 fully saturated rings. The second-order valence-electron chi connectivity index (χ2n) is 7.66. The van der Waals surface area contributed by atoms with Crippen molar-refractivity contribution in [3.05, 3.63) is 75.8 Å². The number of nitrogens with one attached hydrogen (secondary N) is 1. The third kappa shape index (κ3) is 4.60. The lowest BCUT2D eigenvalue weighted by atomic mass is 10.1. The minimum atomic E-state index is -0.386. The molecule has 2 aromatic rings. The number of aliphatic imine (C=N–C) groups is 1. The van der Waals surface area contributed by atoms with Crippen LogP contribution in [-0.4, -0.2) is 66.1 Å². The Kier molecular flexibility index (Phi) is 6.25. The number of hydrogen-bond acceptors (Lipinski definition) is 5. The number of nitro benzene ring substituents is 1. The second kappa shape index (κ2) is 9.23. The molecule has 2 atom stereocenters. The molecule has 1 N–H and O–H groups in total. The number of guanidine groups is 1. The Balaban J connectivity index is 1.37. The molecule has 4 rings (SSSR count). The van der Waals surface area contributed by atoms with E-state index in [0.717, 1.165) is 44.3 Å². The molecular weight excluding hydrogens is 382 g/mol. The van der Waals surface area contributed by atoms with Gasteiger partial charge in [0.25, 0.3) is 5.69 Å². The van der Waals surface area contributed by atoms with Crippen molar-refractivity contribution in [2.45, 2.75) is 25.2 Å². The SMILES string of the molecule is CN=C(NCc1ccc([N+](=O)[O-])cc1)N1CC2OCCN(Cc3ccccc3)C2C1. The van der Waals surface area contributed by atoms with Crippen molar-refractivity contribution in [1.29, 1.82) is 0 Å². The monoisotopic (exact) mass is 409 g/mol. The van der Waals surface area contributed by atoms with Crippen molar-refractivity contribution in [3.8, 4) is 0 Å². The third-order valence-corrected chi connectivity index (χ3v) is 5.75. The van der Waals surface area contributed by atoms with E-state index in [2.05, 4.69) is 44.4 Å². The van der Waals surface area contributed by atoms with Gasteiger partial charge in [-0.25, -0.2) is 0 Å². The molecule has 8 nitrogen and oxygen atoms in total. The Morgan fingerprint density at radius 3 is 2.63 bits per heavy atom. The van der Waals surface area contributed by atoms with Crippen molar-refractivity contribution >= 4 is 11.6 Å². The molecule has 0 amide bonds. The first-order chi connectivity index (χ1) is 14.6. The summed E-state index contributed by atoms with van der Waals surface area (Å²) in [4.78, 5) is 19.6. The van der Waals surface area contributed by atoms with Gasteiger partial charge >= 0.3 is 0 Å². The number of ether oxygens (including phenoxy) is 1. The summed E-state index contributed by atoms with van der Waals surface area (Å²) in [5.41, 5.74) is 2.39. The lowest BCUT2D eigenvalue weighted by Crippen LogP contribution is -2.50. The molecule has 2 unspecified atom stereocenters. The Labute approximate surface area is 176 Å². The average molecular weight is 409 g/mol. The quantitative estimate of drug-likeness (QED) is 0.353. The Morgan fingerprint density at radius 1 is 1.17 bits per heavy atom.